The van der Waals surface area contributed by atoms with Crippen molar-refractivity contribution in [3.8, 4) is 11.5 Å². The van der Waals surface area contributed by atoms with Gasteiger partial charge in [-0.15, -0.1) is 5.41 Å². The first-order valence-electron chi connectivity index (χ1n) is 47.6. The molecular formula is C116H146BCl5CuF4LiN5O6P2Ru2Si2+. The van der Waals surface area contributed by atoms with Gasteiger partial charge in [0.05, 0.1) is 26.9 Å². The van der Waals surface area contributed by atoms with Crippen LogP contribution in [-0.2, 0) is 67.8 Å². The molecule has 0 saturated carbocycles. The van der Waals surface area contributed by atoms with E-state index >= 15 is 0 Å². The van der Waals surface area contributed by atoms with Crippen LogP contribution in [0.15, 0.2) is 322 Å². The smallest absolute Gasteiger partial charge is 1.00 e. The van der Waals surface area contributed by atoms with Crippen LogP contribution in [0.1, 0.15) is 188 Å². The van der Waals surface area contributed by atoms with Crippen molar-refractivity contribution in [2.75, 3.05) is 4.90 Å². The van der Waals surface area contributed by atoms with Crippen LogP contribution in [0.5, 0.6) is 11.5 Å². The van der Waals surface area contributed by atoms with Gasteiger partial charge < -0.3 is 19.0 Å². The third-order valence-electron chi connectivity index (χ3n) is 22.1. The Labute approximate surface area is 920 Å². The summed E-state index contributed by atoms with van der Waals surface area (Å²) in [6.45, 7) is 53.5. The number of anilines is 1. The summed E-state index contributed by atoms with van der Waals surface area (Å²) in [5.74, 6) is 1.23. The van der Waals surface area contributed by atoms with E-state index in [1.807, 2.05) is 65.0 Å². The quantitative estimate of drug-likeness (QED) is 0.0119. The van der Waals surface area contributed by atoms with E-state index in [-0.39, 0.29) is 76.5 Å². The Kier molecular flexibility index (Phi) is 59.0. The number of para-hydroxylation sites is 2. The molecule has 2 heterocycles. The summed E-state index contributed by atoms with van der Waals surface area (Å²) in [6, 6.07) is 106. The van der Waals surface area contributed by atoms with Gasteiger partial charge in [0.1, 0.15) is 37.6 Å². The molecule has 782 valence electrons. The fourth-order valence-electron chi connectivity index (χ4n) is 17.6. The van der Waals surface area contributed by atoms with E-state index in [1.165, 1.54) is 125 Å². The number of nitrogens with zero attached hydrogens (tertiary/aromatic N) is 5. The second-order valence-corrected chi connectivity index (χ2v) is 65.0. The maximum absolute atomic E-state index is 10.7. The minimum absolute atomic E-state index is 0. The Morgan fingerprint density at radius 1 is 0.503 bits per heavy atom. The van der Waals surface area contributed by atoms with Gasteiger partial charge in [-0.05, 0) is 150 Å². The molecule has 145 heavy (non-hydrogen) atoms. The van der Waals surface area contributed by atoms with E-state index in [1.54, 1.807) is 22.8 Å². The molecule has 0 N–H and O–H groups in total. The maximum Gasteiger partial charge on any atom is 1.00 e. The van der Waals surface area contributed by atoms with Crippen molar-refractivity contribution in [1.82, 2.24) is 0 Å². The topological polar surface area (TPSA) is 125 Å². The standard InChI is InChI=1S/2C18H28N.2C18H15P.C15H10.C12H15NO3.C10H11NO3.C6H18NSi2.CH4.BF3.5ClH.Cu.FH.Li.2Ru/c2*1-7-14-10-9-11-15(8-2)16(14)19-13-17(3,4)12-18(19,5)6;2*1-4-10-16(11-5-1)19(17-12-6-2-7-13-17)18-14-8-3-9-15-18;1-2-6-12(7-3-1)15-11-10-13-8-4-5-9-14(13)15;1-4-5-10-8-11(13(14)15)6-7-12(10)16-9(2)3;1-7(2)14-10-5-4-9(11(12)13)6-8(10)3;1-8(2,3)7-9(4,5)6;;2-1(3)4;;;;;;;;;;/h2*9-11,13H,7-8,12H2,1-6H3;2*1-15H;1-9,11H;4-9H,1-3H3;3-7H,1-2H3;1-6H3;1H4;;5*1H;;1H;;;/q-1;+1;;;;;;-1;;;;;;;;+1;;+1;2*+2/p-4/b;;;;;5-4+;;;;;;;;;;;;;;. The third kappa shape index (κ3) is 44.2. The van der Waals surface area contributed by atoms with Gasteiger partial charge in [-0.25, -0.2) is 6.54 Å². The van der Waals surface area contributed by atoms with E-state index in [0.29, 0.717) is 17.1 Å². The zero-order chi connectivity index (χ0) is 105. The van der Waals surface area contributed by atoms with E-state index < -0.39 is 76.7 Å². The molecule has 1 aliphatic carbocycles. The molecule has 0 bridgehead atoms. The van der Waals surface area contributed by atoms with E-state index in [9.17, 15) is 33.2 Å². The minimum Gasteiger partial charge on any atom is -1.00 e. The SMILES string of the molecule is C.C/C=C/c1cc([N+](=O)[O-])ccc1OC(C)C.CC(C)Oc1ccc([N+](=O)[O-])cc1[CH]=[Ru]([Cl])[Cl].CCc1cccc(CC)c1N1[CH-]C(C)(C)CC1(C)C.CCc1cccc(CC)c1[N+]1=CC(C)(C)CC1(C)C.C[Si](C)(C)[N-][Si](C)(C)C.FB(F)F.[Cl][Cu].[Cl][Ru]([Cl])=[C]1C=C(c2ccccc2)c2ccccc21.[F-].[Li+].c1ccc([PH+](c2ccccc2)c2ccccc2)cc1.c1ccc([PH+](c2ccccc2)c2ccccc2)cc1. The normalized spacial score (nSPS) is 13.6. The van der Waals surface area contributed by atoms with Gasteiger partial charge in [-0.2, -0.15) is 4.58 Å². The molecule has 0 unspecified atom stereocenters. The molecule has 2 aliphatic heterocycles. The summed E-state index contributed by atoms with van der Waals surface area (Å²) < 4.78 is 50.2. The number of hydrogen-bond donors (Lipinski definition) is 0. The van der Waals surface area contributed by atoms with Crippen LogP contribution < -0.4 is 69.8 Å². The zero-order valence-electron chi connectivity index (χ0n) is 87.5. The molecule has 1 fully saturated rings. The van der Waals surface area contributed by atoms with Gasteiger partial charge in [-0.3, -0.25) is 23.1 Å². The van der Waals surface area contributed by atoms with Crippen molar-refractivity contribution in [2.45, 2.75) is 226 Å². The maximum atomic E-state index is 10.7. The molecule has 1 saturated heterocycles. The molecular weight excluding hydrogens is 2210 g/mol. The number of nitro benzene ring substituents is 2. The first-order chi connectivity index (χ1) is 67.2. The van der Waals surface area contributed by atoms with Crippen LogP contribution >= 0.6 is 64.7 Å². The number of benzene rings is 12. The van der Waals surface area contributed by atoms with Gasteiger partial charge in [-0.1, -0.05) is 283 Å². The molecule has 0 spiro atoms. The second-order valence-electron chi connectivity index (χ2n) is 39.0. The van der Waals surface area contributed by atoms with Gasteiger partial charge in [0, 0.05) is 65.7 Å². The number of fused-ring (bicyclic) bond motifs is 1. The Bertz CT molecular complexity index is 5730. The molecule has 15 rings (SSSR count). The zero-order valence-corrected chi connectivity index (χ0v) is 99.7. The Hall–Kier alpha value is -7.42. The van der Waals surface area contributed by atoms with Crippen LogP contribution in [0.4, 0.5) is 35.7 Å². The fourth-order valence-corrected chi connectivity index (χ4v) is 35.1. The third-order valence-corrected chi connectivity index (χ3v) is 37.9. The van der Waals surface area contributed by atoms with Crippen LogP contribution in [0, 0.1) is 37.6 Å². The summed E-state index contributed by atoms with van der Waals surface area (Å²) in [7, 11) is 20.5. The van der Waals surface area contributed by atoms with Crippen LogP contribution in [0.2, 0.25) is 39.3 Å². The number of halogens is 9. The summed E-state index contributed by atoms with van der Waals surface area (Å²) in [6.07, 6.45) is 15.1. The Morgan fingerprint density at radius 3 is 1.11 bits per heavy atom. The molecule has 11 nitrogen and oxygen atoms in total. The van der Waals surface area contributed by atoms with Gasteiger partial charge >= 0.3 is 284 Å². The molecule has 0 atom stereocenters. The number of hydrogen-bond acceptors (Lipinski definition) is 7. The predicted molar refractivity (Wildman–Crippen MR) is 618 cm³/mol. The molecule has 29 heteroatoms. The van der Waals surface area contributed by atoms with E-state index in [0.717, 1.165) is 35.4 Å². The molecule has 0 radical (unpaired) electrons. The number of rotatable bonds is 23. The van der Waals surface area contributed by atoms with Crippen LogP contribution in [-0.4, -0.2) is 76.7 Å². The van der Waals surface area contributed by atoms with Crippen LogP contribution in [0.3, 0.4) is 0 Å². The molecule has 3 aliphatic rings. The van der Waals surface area contributed by atoms with E-state index in [4.69, 9.17) is 52.9 Å². The van der Waals surface area contributed by atoms with Crippen molar-refractivity contribution in [1.29, 1.82) is 0 Å². The number of ether oxygens (including phenoxy) is 2. The first-order valence-corrected chi connectivity index (χ1v) is 69.6. The average Bonchev–Trinajstić information content (AvgIpc) is 1.61. The summed E-state index contributed by atoms with van der Waals surface area (Å²) in [4.78, 5) is 23.0. The van der Waals surface area contributed by atoms with Crippen molar-refractivity contribution in [3.05, 3.63) is 403 Å². The van der Waals surface area contributed by atoms with Gasteiger partial charge in [0.25, 0.3) is 5.69 Å². The first kappa shape index (κ1) is 132. The largest absolute Gasteiger partial charge is 1.00 e. The van der Waals surface area contributed by atoms with Crippen molar-refractivity contribution in [3.63, 3.8) is 0 Å². The molecule has 0 amide bonds. The van der Waals surface area contributed by atoms with Crippen molar-refractivity contribution >= 4 is 170 Å². The second kappa shape index (κ2) is 65.0. The summed E-state index contributed by atoms with van der Waals surface area (Å²) in [5, 5.41) is 29.9. The molecule has 0 aromatic heterocycles. The summed E-state index contributed by atoms with van der Waals surface area (Å²) >= 11 is -0.267. The van der Waals surface area contributed by atoms with Gasteiger partial charge in [0.2, 0.25) is 5.69 Å². The molecule has 12 aromatic rings. The monoisotopic (exact) mass is 2360 g/mol. The number of aryl methyl sites for hydroxylation is 4. The van der Waals surface area contributed by atoms with E-state index in [2.05, 4.69) is 425 Å². The van der Waals surface area contributed by atoms with Crippen molar-refractivity contribution < 1.29 is 103 Å². The van der Waals surface area contributed by atoms with Crippen LogP contribution in [0.25, 0.3) is 16.3 Å². The average molecular weight is 2360 g/mol. The van der Waals surface area contributed by atoms with Crippen molar-refractivity contribution in [2.24, 2.45) is 10.8 Å². The van der Waals surface area contributed by atoms with Gasteiger partial charge in [0.15, 0.2) is 11.8 Å². The minimum atomic E-state index is -3.67. The number of non-ortho nitro benzene ring substituents is 2. The predicted octanol–water partition coefficient (Wildman–Crippen LogP) is 26.8. The Morgan fingerprint density at radius 2 is 0.828 bits per heavy atom. The number of allylic oxidation sites excluding steroid dienone is 2. The summed E-state index contributed by atoms with van der Waals surface area (Å²) in [5.41, 5.74) is 16.0. The Balaban J connectivity index is 0.000000423. The fraction of sp³-hybridized carbons (Fsp3) is 0.310. The molecule has 12 aromatic carbocycles. The number of nitro groups is 2.